The second-order valence-corrected chi connectivity index (χ2v) is 15.8. The van der Waals surface area contributed by atoms with Gasteiger partial charge in [0, 0.05) is 27.6 Å². The Hall–Kier alpha value is -6.90. The number of furan rings is 1. The van der Waals surface area contributed by atoms with E-state index in [9.17, 15) is 0 Å². The molecule has 10 aromatic rings. The Kier molecular flexibility index (Phi) is 8.62. The van der Waals surface area contributed by atoms with Crippen LogP contribution < -0.4 is 4.90 Å². The highest BCUT2D eigenvalue weighted by Gasteiger charge is 2.24. The highest BCUT2D eigenvalue weighted by molar-refractivity contribution is 6.07. The number of anilines is 3. The van der Waals surface area contributed by atoms with E-state index in [-0.39, 0.29) is 0 Å². The lowest BCUT2D eigenvalue weighted by molar-refractivity contribution is 0.445. The molecule has 1 heterocycles. The van der Waals surface area contributed by atoms with Gasteiger partial charge in [-0.2, -0.15) is 0 Å². The topological polar surface area (TPSA) is 16.4 Å². The smallest absolute Gasteiger partial charge is 0.136 e. The minimum atomic E-state index is 0.577. The largest absolute Gasteiger partial charge is 0.456 e. The van der Waals surface area contributed by atoms with Gasteiger partial charge in [-0.15, -0.1) is 0 Å². The van der Waals surface area contributed by atoms with E-state index in [1.165, 1.54) is 81.5 Å². The molecule has 1 aromatic heterocycles. The van der Waals surface area contributed by atoms with Gasteiger partial charge in [-0.3, -0.25) is 0 Å². The molecule has 0 saturated heterocycles. The predicted molar refractivity (Wildman–Crippen MR) is 246 cm³/mol. The molecule has 1 aliphatic carbocycles. The molecule has 1 saturated carbocycles. The average molecular weight is 746 g/mol. The fourth-order valence-corrected chi connectivity index (χ4v) is 9.75. The van der Waals surface area contributed by atoms with Gasteiger partial charge in [0.05, 0.1) is 11.4 Å². The van der Waals surface area contributed by atoms with Gasteiger partial charge >= 0.3 is 0 Å². The molecule has 0 N–H and O–H groups in total. The fraction of sp³-hybridized carbons (Fsp3) is 0.107. The van der Waals surface area contributed by atoms with E-state index >= 15 is 0 Å². The molecule has 9 aromatic carbocycles. The van der Waals surface area contributed by atoms with Crippen LogP contribution in [0.3, 0.4) is 0 Å². The summed E-state index contributed by atoms with van der Waals surface area (Å²) in [7, 11) is 0. The van der Waals surface area contributed by atoms with E-state index in [2.05, 4.69) is 193 Å². The summed E-state index contributed by atoms with van der Waals surface area (Å²) in [6, 6.07) is 71.1. The fourth-order valence-electron chi connectivity index (χ4n) is 9.75. The lowest BCUT2D eigenvalue weighted by atomic mass is 9.80. The molecule has 0 amide bonds. The second kappa shape index (κ2) is 14.6. The molecule has 0 aliphatic heterocycles. The number of nitrogens with zero attached hydrogens (tertiary/aromatic N) is 1. The van der Waals surface area contributed by atoms with Crippen molar-refractivity contribution in [2.45, 2.75) is 38.0 Å². The van der Waals surface area contributed by atoms with Crippen LogP contribution in [0.5, 0.6) is 0 Å². The lowest BCUT2D eigenvalue weighted by Gasteiger charge is -2.31. The van der Waals surface area contributed by atoms with E-state index in [4.69, 9.17) is 4.42 Å². The molecular formula is C56H43NO. The van der Waals surface area contributed by atoms with Crippen molar-refractivity contribution < 1.29 is 4.42 Å². The zero-order chi connectivity index (χ0) is 38.4. The summed E-state index contributed by atoms with van der Waals surface area (Å²) in [5, 5.41) is 7.45. The maximum atomic E-state index is 6.45. The van der Waals surface area contributed by atoms with E-state index < -0.39 is 0 Å². The second-order valence-electron chi connectivity index (χ2n) is 15.8. The zero-order valence-electron chi connectivity index (χ0n) is 32.4. The van der Waals surface area contributed by atoms with Gasteiger partial charge in [0.25, 0.3) is 0 Å². The maximum Gasteiger partial charge on any atom is 0.136 e. The van der Waals surface area contributed by atoms with Crippen LogP contribution in [0.2, 0.25) is 0 Å². The molecule has 0 spiro atoms. The van der Waals surface area contributed by atoms with Crippen LogP contribution in [0.15, 0.2) is 199 Å². The number of para-hydroxylation sites is 3. The summed E-state index contributed by atoms with van der Waals surface area (Å²) in [4.78, 5) is 2.49. The van der Waals surface area contributed by atoms with Crippen LogP contribution in [-0.2, 0) is 0 Å². The highest BCUT2D eigenvalue weighted by Crippen LogP contribution is 2.48. The average Bonchev–Trinajstić information content (AvgIpc) is 3.67. The first-order chi connectivity index (χ1) is 28.8. The maximum absolute atomic E-state index is 6.45. The molecule has 0 radical (unpaired) electrons. The first-order valence-electron chi connectivity index (χ1n) is 20.8. The molecule has 0 bridgehead atoms. The van der Waals surface area contributed by atoms with Gasteiger partial charge in [0.1, 0.15) is 11.2 Å². The molecule has 2 heteroatoms. The monoisotopic (exact) mass is 745 g/mol. The summed E-state index contributed by atoms with van der Waals surface area (Å²) in [5.41, 5.74) is 13.8. The number of benzene rings is 9. The number of fused-ring (bicyclic) bond motifs is 5. The van der Waals surface area contributed by atoms with Crippen LogP contribution in [-0.4, -0.2) is 0 Å². The van der Waals surface area contributed by atoms with E-state index in [1.807, 2.05) is 6.07 Å². The molecule has 278 valence electrons. The Labute approximate surface area is 339 Å². The summed E-state index contributed by atoms with van der Waals surface area (Å²) in [6.07, 6.45) is 6.46. The molecule has 58 heavy (non-hydrogen) atoms. The Morgan fingerprint density at radius 1 is 0.397 bits per heavy atom. The van der Waals surface area contributed by atoms with Gasteiger partial charge in [-0.1, -0.05) is 171 Å². The van der Waals surface area contributed by atoms with Gasteiger partial charge in [-0.25, -0.2) is 0 Å². The molecule has 1 fully saturated rings. The Bertz CT molecular complexity index is 3120. The van der Waals surface area contributed by atoms with E-state index in [0.29, 0.717) is 5.92 Å². The van der Waals surface area contributed by atoms with Crippen molar-refractivity contribution in [3.8, 4) is 33.4 Å². The van der Waals surface area contributed by atoms with Gasteiger partial charge in [0.15, 0.2) is 0 Å². The molecule has 0 unspecified atom stereocenters. The normalized spacial score (nSPS) is 13.4. The summed E-state index contributed by atoms with van der Waals surface area (Å²) < 4.78 is 6.45. The zero-order valence-corrected chi connectivity index (χ0v) is 32.4. The van der Waals surface area contributed by atoms with E-state index in [1.54, 1.807) is 0 Å². The van der Waals surface area contributed by atoms with E-state index in [0.717, 1.165) is 50.1 Å². The van der Waals surface area contributed by atoms with Crippen LogP contribution in [0.4, 0.5) is 17.1 Å². The van der Waals surface area contributed by atoms with Crippen molar-refractivity contribution >= 4 is 60.5 Å². The molecule has 2 nitrogen and oxygen atoms in total. The van der Waals surface area contributed by atoms with Crippen LogP contribution >= 0.6 is 0 Å². The third kappa shape index (κ3) is 5.96. The first kappa shape index (κ1) is 34.4. The van der Waals surface area contributed by atoms with Crippen molar-refractivity contribution in [2.24, 2.45) is 0 Å². The van der Waals surface area contributed by atoms with Crippen LogP contribution in [0.25, 0.3) is 76.9 Å². The van der Waals surface area contributed by atoms with Crippen molar-refractivity contribution in [1.82, 2.24) is 0 Å². The minimum Gasteiger partial charge on any atom is -0.456 e. The predicted octanol–water partition coefficient (Wildman–Crippen LogP) is 16.4. The van der Waals surface area contributed by atoms with Crippen molar-refractivity contribution in [3.63, 3.8) is 0 Å². The third-order valence-electron chi connectivity index (χ3n) is 12.5. The Balaban J connectivity index is 1.15. The standard InChI is InChI=1S/C56H43NO/c1-2-16-39(17-3-1)47-29-14-20-40-21-15-30-51(56(40)47)48-26-7-10-32-53(48)57(43-23-12-22-41(36-43)45-28-13-19-38-18-4-5-24-44(38)45)52-31-9-6-25-46(52)42-34-35-50-49-27-8-11-33-54(49)58-55(50)37-42/h4-15,18-37,39H,1-3,16-17H2. The van der Waals surface area contributed by atoms with Crippen molar-refractivity contribution in [1.29, 1.82) is 0 Å². The van der Waals surface area contributed by atoms with Crippen LogP contribution in [0.1, 0.15) is 43.6 Å². The van der Waals surface area contributed by atoms with Gasteiger partial charge in [-0.05, 0) is 111 Å². The third-order valence-corrected chi connectivity index (χ3v) is 12.5. The summed E-state index contributed by atoms with van der Waals surface area (Å²) in [6.45, 7) is 0. The molecule has 11 rings (SSSR count). The Morgan fingerprint density at radius 2 is 1.00 bits per heavy atom. The number of hydrogen-bond donors (Lipinski definition) is 0. The minimum absolute atomic E-state index is 0.577. The number of rotatable bonds is 7. The molecular weight excluding hydrogens is 703 g/mol. The molecule has 0 atom stereocenters. The first-order valence-corrected chi connectivity index (χ1v) is 20.8. The van der Waals surface area contributed by atoms with Gasteiger partial charge < -0.3 is 9.32 Å². The van der Waals surface area contributed by atoms with Gasteiger partial charge in [0.2, 0.25) is 0 Å². The Morgan fingerprint density at radius 3 is 1.86 bits per heavy atom. The quantitative estimate of drug-likeness (QED) is 0.162. The summed E-state index contributed by atoms with van der Waals surface area (Å²) >= 11 is 0. The SMILES string of the molecule is c1cc(-c2cccc3ccccc23)cc(N(c2ccccc2-c2ccc3c(c2)oc2ccccc23)c2ccccc2-c2cccc3cccc(C4CCCCC4)c23)c1. The van der Waals surface area contributed by atoms with Crippen molar-refractivity contribution in [3.05, 3.63) is 200 Å². The van der Waals surface area contributed by atoms with Crippen LogP contribution in [0, 0.1) is 0 Å². The summed E-state index contributed by atoms with van der Waals surface area (Å²) in [5.74, 6) is 0.577. The van der Waals surface area contributed by atoms with Crippen molar-refractivity contribution in [2.75, 3.05) is 4.90 Å². The highest BCUT2D eigenvalue weighted by atomic mass is 16.3. The molecule has 1 aliphatic rings. The lowest BCUT2D eigenvalue weighted by Crippen LogP contribution is -2.13. The number of hydrogen-bond acceptors (Lipinski definition) is 2.